The van der Waals surface area contributed by atoms with Crippen LogP contribution in [0.1, 0.15) is 25.6 Å². The average molecular weight is 389 g/mol. The summed E-state index contributed by atoms with van der Waals surface area (Å²) in [5.74, 6) is -0.608. The Morgan fingerprint density at radius 1 is 1.46 bits per heavy atom. The van der Waals surface area contributed by atoms with Gasteiger partial charge in [0.05, 0.1) is 17.7 Å². The van der Waals surface area contributed by atoms with Crippen LogP contribution in [0.15, 0.2) is 18.6 Å². The molecule has 2 aliphatic rings. The van der Waals surface area contributed by atoms with Gasteiger partial charge in [0.2, 0.25) is 5.91 Å². The Morgan fingerprint density at radius 3 is 2.86 bits per heavy atom. The summed E-state index contributed by atoms with van der Waals surface area (Å²) in [6.45, 7) is 2.23. The maximum Gasteiger partial charge on any atom is 0.251 e. The molecule has 11 nitrogen and oxygen atoms in total. The SMILES string of the molecule is CC(=O)NC1=CC(=O)Nc2ncnc3c2c1cn3[C@@H]1O[C@H](CO)[C@@H](O)C1(C)O. The van der Waals surface area contributed by atoms with Crippen molar-refractivity contribution in [1.82, 2.24) is 19.9 Å². The summed E-state index contributed by atoms with van der Waals surface area (Å²) >= 11 is 0. The fourth-order valence-electron chi connectivity index (χ4n) is 3.61. The highest BCUT2D eigenvalue weighted by Gasteiger charge is 2.53. The third-order valence-electron chi connectivity index (χ3n) is 4.91. The van der Waals surface area contributed by atoms with E-state index in [9.17, 15) is 24.9 Å². The largest absolute Gasteiger partial charge is 0.394 e. The first kappa shape index (κ1) is 18.5. The molecule has 1 saturated heterocycles. The summed E-state index contributed by atoms with van der Waals surface area (Å²) in [5, 5.41) is 36.2. The van der Waals surface area contributed by atoms with E-state index in [1.807, 2.05) is 0 Å². The number of hydrogen-bond donors (Lipinski definition) is 5. The summed E-state index contributed by atoms with van der Waals surface area (Å²) in [7, 11) is 0. The first-order valence-corrected chi connectivity index (χ1v) is 8.57. The van der Waals surface area contributed by atoms with Crippen LogP contribution in [0.2, 0.25) is 0 Å². The van der Waals surface area contributed by atoms with Crippen LogP contribution in [0.4, 0.5) is 5.82 Å². The molecule has 0 spiro atoms. The van der Waals surface area contributed by atoms with Crippen LogP contribution >= 0.6 is 0 Å². The van der Waals surface area contributed by atoms with Gasteiger partial charge < -0.3 is 35.3 Å². The van der Waals surface area contributed by atoms with Crippen molar-refractivity contribution in [3.05, 3.63) is 24.2 Å². The number of ether oxygens (including phenoxy) is 1. The molecule has 4 rings (SSSR count). The van der Waals surface area contributed by atoms with Crippen LogP contribution in [0.5, 0.6) is 0 Å². The maximum atomic E-state index is 12.1. The lowest BCUT2D eigenvalue weighted by Crippen LogP contribution is -2.44. The number of aliphatic hydroxyl groups is 3. The number of anilines is 1. The van der Waals surface area contributed by atoms with E-state index in [2.05, 4.69) is 20.6 Å². The van der Waals surface area contributed by atoms with Crippen molar-refractivity contribution in [3.63, 3.8) is 0 Å². The molecule has 0 saturated carbocycles. The Balaban J connectivity index is 1.93. The van der Waals surface area contributed by atoms with Crippen LogP contribution in [-0.4, -0.2) is 66.1 Å². The van der Waals surface area contributed by atoms with Gasteiger partial charge >= 0.3 is 0 Å². The second kappa shape index (κ2) is 6.34. The van der Waals surface area contributed by atoms with Gasteiger partial charge in [0, 0.05) is 24.8 Å². The summed E-state index contributed by atoms with van der Waals surface area (Å²) in [6.07, 6.45) is 0.624. The van der Waals surface area contributed by atoms with Crippen molar-refractivity contribution < 1.29 is 29.6 Å². The highest BCUT2D eigenvalue weighted by molar-refractivity contribution is 6.14. The van der Waals surface area contributed by atoms with Crippen molar-refractivity contribution in [2.45, 2.75) is 37.9 Å². The van der Waals surface area contributed by atoms with Gasteiger partial charge in [-0.05, 0) is 6.92 Å². The zero-order chi connectivity index (χ0) is 20.2. The number of nitrogens with one attached hydrogen (secondary N) is 2. The molecule has 4 atom stereocenters. The zero-order valence-corrected chi connectivity index (χ0v) is 15.1. The van der Waals surface area contributed by atoms with E-state index >= 15 is 0 Å². The molecule has 0 radical (unpaired) electrons. The van der Waals surface area contributed by atoms with Crippen molar-refractivity contribution in [1.29, 1.82) is 0 Å². The van der Waals surface area contributed by atoms with E-state index in [4.69, 9.17) is 4.74 Å². The highest BCUT2D eigenvalue weighted by Crippen LogP contribution is 2.42. The van der Waals surface area contributed by atoms with Gasteiger partial charge in [-0.3, -0.25) is 9.59 Å². The van der Waals surface area contributed by atoms with E-state index in [1.165, 1.54) is 30.8 Å². The van der Waals surface area contributed by atoms with Crippen LogP contribution in [0.3, 0.4) is 0 Å². The smallest absolute Gasteiger partial charge is 0.251 e. The van der Waals surface area contributed by atoms with Gasteiger partial charge in [0.1, 0.15) is 35.6 Å². The Kier molecular flexibility index (Phi) is 4.19. The van der Waals surface area contributed by atoms with Gasteiger partial charge in [0.15, 0.2) is 6.23 Å². The van der Waals surface area contributed by atoms with E-state index in [1.54, 1.807) is 6.20 Å². The normalized spacial score (nSPS) is 29.4. The summed E-state index contributed by atoms with van der Waals surface area (Å²) in [6, 6.07) is 0. The lowest BCUT2D eigenvalue weighted by atomic mass is 9.96. The van der Waals surface area contributed by atoms with E-state index in [0.29, 0.717) is 16.6 Å². The van der Waals surface area contributed by atoms with Crippen molar-refractivity contribution in [3.8, 4) is 0 Å². The van der Waals surface area contributed by atoms with Gasteiger partial charge in [0.25, 0.3) is 5.91 Å². The molecule has 4 heterocycles. The van der Waals surface area contributed by atoms with Crippen molar-refractivity contribution >= 4 is 34.4 Å². The van der Waals surface area contributed by atoms with Gasteiger partial charge in [-0.25, -0.2) is 9.97 Å². The average Bonchev–Trinajstić information content (AvgIpc) is 3.06. The monoisotopic (exact) mass is 389 g/mol. The Morgan fingerprint density at radius 2 is 2.21 bits per heavy atom. The number of amides is 2. The number of carbonyl (C=O) groups excluding carboxylic acids is 2. The van der Waals surface area contributed by atoms with Crippen LogP contribution in [-0.2, 0) is 14.3 Å². The van der Waals surface area contributed by atoms with E-state index in [0.717, 1.165) is 0 Å². The quantitative estimate of drug-likeness (QED) is 0.441. The van der Waals surface area contributed by atoms with Crippen LogP contribution < -0.4 is 10.6 Å². The molecular weight excluding hydrogens is 370 g/mol. The summed E-state index contributed by atoms with van der Waals surface area (Å²) in [4.78, 5) is 32.0. The molecule has 5 N–H and O–H groups in total. The fraction of sp³-hybridized carbons (Fsp3) is 0.412. The molecule has 2 aromatic rings. The first-order valence-electron chi connectivity index (χ1n) is 8.57. The molecule has 2 amide bonds. The topological polar surface area (TPSA) is 159 Å². The zero-order valence-electron chi connectivity index (χ0n) is 15.1. The Labute approximate surface area is 158 Å². The standard InChI is InChI=1S/C17H19N5O6/c1-7(24)20-9-3-11(25)21-14-12-8(9)4-22(15(12)19-6-18-14)16-17(2,27)13(26)10(5-23)28-16/h3-4,6,10,13,16,23,26-27H,5H2,1-2H3,(H,20,24)(H,18,19,21,25)/t10-,13-,16-,17?/m1/s1. The molecule has 148 valence electrons. The van der Waals surface area contributed by atoms with Crippen LogP contribution in [0, 0.1) is 0 Å². The number of hydrogen-bond acceptors (Lipinski definition) is 8. The molecule has 2 aromatic heterocycles. The van der Waals surface area contributed by atoms with Crippen LogP contribution in [0.25, 0.3) is 16.7 Å². The molecule has 0 aromatic carbocycles. The number of aliphatic hydroxyl groups excluding tert-OH is 2. The number of rotatable bonds is 3. The number of carbonyl (C=O) groups is 2. The lowest BCUT2D eigenvalue weighted by Gasteiger charge is -2.27. The lowest BCUT2D eigenvalue weighted by molar-refractivity contribution is -0.117. The minimum atomic E-state index is -1.73. The first-order chi connectivity index (χ1) is 13.2. The predicted octanol–water partition coefficient (Wildman–Crippen LogP) is -1.14. The second-order valence-corrected chi connectivity index (χ2v) is 6.98. The minimum Gasteiger partial charge on any atom is -0.394 e. The van der Waals surface area contributed by atoms with Crippen molar-refractivity contribution in [2.75, 3.05) is 11.9 Å². The molecule has 11 heteroatoms. The molecule has 0 aliphatic carbocycles. The van der Waals surface area contributed by atoms with E-state index < -0.39 is 36.6 Å². The molecule has 1 unspecified atom stereocenters. The molecule has 1 fully saturated rings. The van der Waals surface area contributed by atoms with Crippen molar-refractivity contribution in [2.24, 2.45) is 0 Å². The number of aromatic nitrogens is 3. The summed E-state index contributed by atoms with van der Waals surface area (Å²) in [5.41, 5.74) is -0.735. The van der Waals surface area contributed by atoms with Gasteiger partial charge in [-0.2, -0.15) is 0 Å². The molecular formula is C17H19N5O6. The molecule has 28 heavy (non-hydrogen) atoms. The predicted molar refractivity (Wildman–Crippen MR) is 95.6 cm³/mol. The molecule has 0 bridgehead atoms. The maximum absolute atomic E-state index is 12.1. The summed E-state index contributed by atoms with van der Waals surface area (Å²) < 4.78 is 7.17. The number of nitrogens with zero attached hydrogens (tertiary/aromatic N) is 3. The third kappa shape index (κ3) is 2.67. The Hall–Kier alpha value is -2.86. The Bertz CT molecular complexity index is 1010. The van der Waals surface area contributed by atoms with Gasteiger partial charge in [-0.1, -0.05) is 0 Å². The fourth-order valence-corrected chi connectivity index (χ4v) is 3.61. The third-order valence-corrected chi connectivity index (χ3v) is 4.91. The second-order valence-electron chi connectivity index (χ2n) is 6.98. The molecule has 2 aliphatic heterocycles. The minimum absolute atomic E-state index is 0.234. The van der Waals surface area contributed by atoms with Gasteiger partial charge in [-0.15, -0.1) is 0 Å². The van der Waals surface area contributed by atoms with E-state index in [-0.39, 0.29) is 17.4 Å². The highest BCUT2D eigenvalue weighted by atomic mass is 16.6.